The fourth-order valence-electron chi connectivity index (χ4n) is 1.32. The largest absolute Gasteiger partial charge is 0.317 e. The van der Waals surface area contributed by atoms with E-state index in [1.807, 2.05) is 20.8 Å². The van der Waals surface area contributed by atoms with E-state index in [-0.39, 0.29) is 11.8 Å². The average Bonchev–Trinajstić information content (AvgIpc) is 2.22. The molecule has 0 aliphatic heterocycles. The number of unbranched alkanes of at least 4 members (excludes halogenated alkanes) is 1. The highest BCUT2D eigenvalue weighted by molar-refractivity contribution is 7.89. The van der Waals surface area contributed by atoms with Crippen LogP contribution in [0.1, 0.15) is 47.0 Å². The summed E-state index contributed by atoms with van der Waals surface area (Å²) >= 11 is 0. The van der Waals surface area contributed by atoms with Gasteiger partial charge in [-0.1, -0.05) is 20.8 Å². The van der Waals surface area contributed by atoms with Crippen LogP contribution in [0.15, 0.2) is 0 Å². The van der Waals surface area contributed by atoms with E-state index in [0.29, 0.717) is 5.92 Å². The second kappa shape index (κ2) is 8.89. The lowest BCUT2D eigenvalue weighted by Gasteiger charge is -2.17. The molecule has 0 fully saturated rings. The predicted molar refractivity (Wildman–Crippen MR) is 73.6 cm³/mol. The Balaban J connectivity index is 3.72. The van der Waals surface area contributed by atoms with Crippen LogP contribution in [0.3, 0.4) is 0 Å². The second-order valence-electron chi connectivity index (χ2n) is 4.93. The maximum absolute atomic E-state index is 11.7. The third-order valence-electron chi connectivity index (χ3n) is 2.81. The van der Waals surface area contributed by atoms with Crippen molar-refractivity contribution in [1.29, 1.82) is 0 Å². The van der Waals surface area contributed by atoms with Crippen LogP contribution in [-0.4, -0.2) is 33.3 Å². The molecule has 0 aliphatic carbocycles. The fourth-order valence-corrected chi connectivity index (χ4v) is 2.86. The van der Waals surface area contributed by atoms with Crippen LogP contribution in [0.5, 0.6) is 0 Å². The van der Waals surface area contributed by atoms with Gasteiger partial charge in [-0.25, -0.2) is 13.1 Å². The molecule has 0 amide bonds. The van der Waals surface area contributed by atoms with Crippen LogP contribution in [0.4, 0.5) is 0 Å². The van der Waals surface area contributed by atoms with Crippen LogP contribution in [0.2, 0.25) is 0 Å². The van der Waals surface area contributed by atoms with Gasteiger partial charge in [0.05, 0.1) is 5.75 Å². The van der Waals surface area contributed by atoms with Gasteiger partial charge in [-0.05, 0) is 45.2 Å². The summed E-state index contributed by atoms with van der Waals surface area (Å²) in [5.74, 6) is 0.564. The summed E-state index contributed by atoms with van der Waals surface area (Å²) in [6.07, 6.45) is 2.75. The molecule has 4 nitrogen and oxygen atoms in total. The number of sulfonamides is 1. The summed E-state index contributed by atoms with van der Waals surface area (Å²) in [6, 6.07) is 0.0122. The smallest absolute Gasteiger partial charge is 0.211 e. The summed E-state index contributed by atoms with van der Waals surface area (Å²) in [5.41, 5.74) is 0. The Morgan fingerprint density at radius 1 is 1.06 bits per heavy atom. The van der Waals surface area contributed by atoms with Gasteiger partial charge in [0.25, 0.3) is 0 Å². The van der Waals surface area contributed by atoms with Crippen LogP contribution in [-0.2, 0) is 10.0 Å². The van der Waals surface area contributed by atoms with Crippen LogP contribution in [0, 0.1) is 5.92 Å². The summed E-state index contributed by atoms with van der Waals surface area (Å²) in [7, 11) is -3.10. The Bertz CT molecular complexity index is 276. The molecule has 104 valence electrons. The third kappa shape index (κ3) is 9.56. The summed E-state index contributed by atoms with van der Waals surface area (Å²) in [5, 5.41) is 3.27. The second-order valence-corrected chi connectivity index (χ2v) is 6.80. The van der Waals surface area contributed by atoms with Gasteiger partial charge < -0.3 is 5.32 Å². The first-order valence-corrected chi connectivity index (χ1v) is 8.25. The van der Waals surface area contributed by atoms with Gasteiger partial charge in [-0.15, -0.1) is 0 Å². The molecule has 2 N–H and O–H groups in total. The molecule has 0 aromatic rings. The first-order valence-electron chi connectivity index (χ1n) is 6.59. The van der Waals surface area contributed by atoms with E-state index in [1.165, 1.54) is 0 Å². The Morgan fingerprint density at radius 3 is 2.24 bits per heavy atom. The Kier molecular flexibility index (Phi) is 8.82. The molecule has 5 heteroatoms. The molecule has 0 rings (SSSR count). The first kappa shape index (κ1) is 16.9. The molecule has 0 saturated carbocycles. The predicted octanol–water partition coefficient (Wildman–Crippen LogP) is 1.73. The highest BCUT2D eigenvalue weighted by atomic mass is 32.2. The summed E-state index contributed by atoms with van der Waals surface area (Å²) in [4.78, 5) is 0. The molecule has 0 spiro atoms. The first-order chi connectivity index (χ1) is 7.89. The van der Waals surface area contributed by atoms with Gasteiger partial charge in [0.2, 0.25) is 10.0 Å². The van der Waals surface area contributed by atoms with Crippen LogP contribution >= 0.6 is 0 Å². The van der Waals surface area contributed by atoms with Crippen molar-refractivity contribution >= 4 is 10.0 Å². The molecule has 0 aromatic heterocycles. The fraction of sp³-hybridized carbons (Fsp3) is 1.00. The molecule has 1 unspecified atom stereocenters. The van der Waals surface area contributed by atoms with Crippen LogP contribution in [0.25, 0.3) is 0 Å². The van der Waals surface area contributed by atoms with Crippen molar-refractivity contribution in [1.82, 2.24) is 10.0 Å². The number of hydrogen-bond acceptors (Lipinski definition) is 3. The SMILES string of the molecule is CCCNCCCCS(=O)(=O)NC(C)C(C)C. The molecular formula is C12H28N2O2S. The summed E-state index contributed by atoms with van der Waals surface area (Å²) < 4.78 is 26.1. The molecular weight excluding hydrogens is 236 g/mol. The third-order valence-corrected chi connectivity index (χ3v) is 4.37. The van der Waals surface area contributed by atoms with Crippen molar-refractivity contribution in [3.05, 3.63) is 0 Å². The highest BCUT2D eigenvalue weighted by Gasteiger charge is 2.15. The zero-order valence-electron chi connectivity index (χ0n) is 11.6. The van der Waals surface area contributed by atoms with E-state index in [2.05, 4.69) is 17.0 Å². The van der Waals surface area contributed by atoms with Crippen molar-refractivity contribution in [3.8, 4) is 0 Å². The van der Waals surface area contributed by atoms with Gasteiger partial charge >= 0.3 is 0 Å². The Morgan fingerprint density at radius 2 is 1.71 bits per heavy atom. The molecule has 0 bridgehead atoms. The minimum atomic E-state index is -3.10. The van der Waals surface area contributed by atoms with E-state index in [1.54, 1.807) is 0 Å². The van der Waals surface area contributed by atoms with E-state index in [9.17, 15) is 8.42 Å². The van der Waals surface area contributed by atoms with Gasteiger partial charge in [-0.3, -0.25) is 0 Å². The Hall–Kier alpha value is -0.130. The molecule has 1 atom stereocenters. The zero-order chi connectivity index (χ0) is 13.3. The van der Waals surface area contributed by atoms with E-state index in [4.69, 9.17) is 0 Å². The molecule has 0 saturated heterocycles. The van der Waals surface area contributed by atoms with Crippen molar-refractivity contribution in [2.45, 2.75) is 53.0 Å². The highest BCUT2D eigenvalue weighted by Crippen LogP contribution is 2.03. The maximum atomic E-state index is 11.7. The standard InChI is InChI=1S/C12H28N2O2S/c1-5-8-13-9-6-7-10-17(15,16)14-12(4)11(2)3/h11-14H,5-10H2,1-4H3. The van der Waals surface area contributed by atoms with Gasteiger partial charge in [-0.2, -0.15) is 0 Å². The lowest BCUT2D eigenvalue weighted by molar-refractivity contribution is 0.475. The Labute approximate surface area is 107 Å². The van der Waals surface area contributed by atoms with Gasteiger partial charge in [0, 0.05) is 6.04 Å². The van der Waals surface area contributed by atoms with Crippen LogP contribution < -0.4 is 10.0 Å². The molecule has 0 radical (unpaired) electrons. The van der Waals surface area contributed by atoms with E-state index < -0.39 is 10.0 Å². The van der Waals surface area contributed by atoms with Crippen molar-refractivity contribution < 1.29 is 8.42 Å². The van der Waals surface area contributed by atoms with Gasteiger partial charge in [0.1, 0.15) is 0 Å². The minimum Gasteiger partial charge on any atom is -0.317 e. The molecule has 0 aliphatic rings. The lowest BCUT2D eigenvalue weighted by Crippen LogP contribution is -2.37. The minimum absolute atomic E-state index is 0.0122. The van der Waals surface area contributed by atoms with Crippen molar-refractivity contribution in [3.63, 3.8) is 0 Å². The average molecular weight is 264 g/mol. The van der Waals surface area contributed by atoms with E-state index >= 15 is 0 Å². The molecule has 17 heavy (non-hydrogen) atoms. The van der Waals surface area contributed by atoms with Gasteiger partial charge in [0.15, 0.2) is 0 Å². The van der Waals surface area contributed by atoms with Crippen molar-refractivity contribution in [2.75, 3.05) is 18.8 Å². The number of hydrogen-bond donors (Lipinski definition) is 2. The molecule has 0 aromatic carbocycles. The maximum Gasteiger partial charge on any atom is 0.211 e. The topological polar surface area (TPSA) is 58.2 Å². The van der Waals surface area contributed by atoms with Crippen molar-refractivity contribution in [2.24, 2.45) is 5.92 Å². The number of rotatable bonds is 10. The molecule has 0 heterocycles. The quantitative estimate of drug-likeness (QED) is 0.591. The number of nitrogens with one attached hydrogen (secondary N) is 2. The zero-order valence-corrected chi connectivity index (χ0v) is 12.4. The normalized spacial score (nSPS) is 14.2. The van der Waals surface area contributed by atoms with E-state index in [0.717, 1.165) is 32.4 Å². The summed E-state index contributed by atoms with van der Waals surface area (Å²) in [6.45, 7) is 9.97. The monoisotopic (exact) mass is 264 g/mol. The lowest BCUT2D eigenvalue weighted by atomic mass is 10.1.